The van der Waals surface area contributed by atoms with Gasteiger partial charge < -0.3 is 8.54 Å². The van der Waals surface area contributed by atoms with Crippen LogP contribution in [0.1, 0.15) is 0 Å². The highest BCUT2D eigenvalue weighted by Gasteiger charge is 2.27. The van der Waals surface area contributed by atoms with Crippen LogP contribution in [-0.4, -0.2) is 42.3 Å². The Kier molecular flexibility index (Phi) is 7.63. The maximum absolute atomic E-state index is 6.33. The van der Waals surface area contributed by atoms with Gasteiger partial charge in [0.2, 0.25) is 0 Å². The second-order valence-corrected chi connectivity index (χ2v) is 18.3. The summed E-state index contributed by atoms with van der Waals surface area (Å²) in [5.74, 6) is 0. The van der Waals surface area contributed by atoms with Crippen molar-refractivity contribution in [1.82, 2.24) is 0 Å². The minimum atomic E-state index is -1.37. The molecule has 0 saturated heterocycles. The van der Waals surface area contributed by atoms with E-state index < -0.39 is 25.7 Å². The van der Waals surface area contributed by atoms with Crippen molar-refractivity contribution in [2.24, 2.45) is 0 Å². The molecule has 0 saturated carbocycles. The summed E-state index contributed by atoms with van der Waals surface area (Å²) >= 11 is 0. The summed E-state index contributed by atoms with van der Waals surface area (Å²) < 4.78 is 11.9. The van der Waals surface area contributed by atoms with Crippen LogP contribution in [0, 0.1) is 0 Å². The third kappa shape index (κ3) is 7.96. The van der Waals surface area contributed by atoms with Crippen LogP contribution in [0.5, 0.6) is 0 Å². The molecule has 0 atom stereocenters. The molecule has 0 aliphatic carbocycles. The average Bonchev–Trinajstić information content (AvgIpc) is 2.14. The van der Waals surface area contributed by atoms with Crippen molar-refractivity contribution in [1.29, 1.82) is 0 Å². The van der Waals surface area contributed by atoms with Gasteiger partial charge in [-0.15, -0.1) is 0 Å². The third-order valence-electron chi connectivity index (χ3n) is 2.68. The smallest absolute Gasteiger partial charge is 0.194 e. The highest BCUT2D eigenvalue weighted by Crippen LogP contribution is 2.18. The Balaban J connectivity index is 3.95. The van der Waals surface area contributed by atoms with Gasteiger partial charge in [-0.1, -0.05) is 6.55 Å². The van der Waals surface area contributed by atoms with Crippen LogP contribution in [0.15, 0.2) is 0 Å². The Morgan fingerprint density at radius 1 is 1.12 bits per heavy atom. The van der Waals surface area contributed by atoms with Gasteiger partial charge in [0.15, 0.2) is 25.7 Å². The van der Waals surface area contributed by atoms with Gasteiger partial charge in [-0.3, -0.25) is 0 Å². The third-order valence-corrected chi connectivity index (χ3v) is 15.1. The van der Waals surface area contributed by atoms with Gasteiger partial charge in [-0.05, 0) is 50.5 Å². The summed E-state index contributed by atoms with van der Waals surface area (Å²) in [6.07, 6.45) is 0. The quantitative estimate of drug-likeness (QED) is 0.638. The summed E-state index contributed by atoms with van der Waals surface area (Å²) in [5, 5.41) is 0. The molecule has 3 radical (unpaired) electrons. The van der Waals surface area contributed by atoms with Gasteiger partial charge in [-0.2, -0.15) is 0 Å². The van der Waals surface area contributed by atoms with Gasteiger partial charge in [0.1, 0.15) is 0 Å². The van der Waals surface area contributed by atoms with Crippen LogP contribution < -0.4 is 0 Å². The first-order chi connectivity index (χ1) is 7.22. The number of hydrogen-bond donors (Lipinski definition) is 0. The standard InChI is InChI=1S/C10H27O2Si4/c1-11-15(4,5)9-8-14(3)12-16(6,7)10-13-2/h8-10H2,1-7H3. The molecule has 16 heavy (non-hydrogen) atoms. The predicted molar refractivity (Wildman–Crippen MR) is 80.7 cm³/mol. The normalized spacial score (nSPS) is 13.5. The fraction of sp³-hybridized carbons (Fsp3) is 1.00. The number of rotatable bonds is 8. The molecule has 0 aromatic carbocycles. The lowest BCUT2D eigenvalue weighted by Crippen LogP contribution is -2.39. The summed E-state index contributed by atoms with van der Waals surface area (Å²) in [5.41, 5.74) is 1.32. The van der Waals surface area contributed by atoms with Crippen LogP contribution in [0.4, 0.5) is 0 Å². The molecule has 2 nitrogen and oxygen atoms in total. The monoisotopic (exact) mass is 291 g/mol. The SMILES string of the molecule is CO[Si](C)(C)CC[Si](C)O[Si](C)(C)C[Si]C. The second kappa shape index (κ2) is 7.27. The number of hydrogen-bond acceptors (Lipinski definition) is 2. The summed E-state index contributed by atoms with van der Waals surface area (Å²) in [6.45, 7) is 13.9. The highest BCUT2D eigenvalue weighted by molar-refractivity contribution is 6.84. The summed E-state index contributed by atoms with van der Waals surface area (Å²) in [6, 6.07) is 2.49. The molecule has 0 N–H and O–H groups in total. The topological polar surface area (TPSA) is 18.5 Å². The van der Waals surface area contributed by atoms with Gasteiger partial charge in [0, 0.05) is 16.6 Å². The molecule has 95 valence electrons. The Bertz CT molecular complexity index is 197. The van der Waals surface area contributed by atoms with Gasteiger partial charge >= 0.3 is 0 Å². The lowest BCUT2D eigenvalue weighted by atomic mass is 10.9. The molecule has 0 fully saturated rings. The van der Waals surface area contributed by atoms with Gasteiger partial charge in [-0.25, -0.2) is 0 Å². The fourth-order valence-corrected chi connectivity index (χ4v) is 14.1. The fourth-order valence-electron chi connectivity index (χ4n) is 1.56. The van der Waals surface area contributed by atoms with Crippen molar-refractivity contribution in [3.05, 3.63) is 0 Å². The van der Waals surface area contributed by atoms with Crippen LogP contribution in [0.3, 0.4) is 0 Å². The molecular formula is C10H27O2Si4. The molecule has 0 aliphatic heterocycles. The van der Waals surface area contributed by atoms with Crippen molar-refractivity contribution in [3.8, 4) is 0 Å². The molecule has 0 rings (SSSR count). The van der Waals surface area contributed by atoms with Crippen molar-refractivity contribution in [2.45, 2.75) is 57.0 Å². The van der Waals surface area contributed by atoms with Crippen LogP contribution in [-0.2, 0) is 8.54 Å². The first kappa shape index (κ1) is 16.8. The van der Waals surface area contributed by atoms with Crippen LogP contribution >= 0.6 is 0 Å². The molecule has 6 heteroatoms. The van der Waals surface area contributed by atoms with Crippen molar-refractivity contribution >= 4 is 35.2 Å². The van der Waals surface area contributed by atoms with E-state index in [2.05, 4.69) is 39.3 Å². The van der Waals surface area contributed by atoms with Crippen molar-refractivity contribution < 1.29 is 8.54 Å². The van der Waals surface area contributed by atoms with E-state index in [1.807, 2.05) is 7.11 Å². The van der Waals surface area contributed by atoms with E-state index in [9.17, 15) is 0 Å². The molecule has 0 unspecified atom stereocenters. The summed E-state index contributed by atoms with van der Waals surface area (Å²) in [7, 11) is -0.412. The predicted octanol–water partition coefficient (Wildman–Crippen LogP) is 3.39. The largest absolute Gasteiger partial charge is 0.456 e. The van der Waals surface area contributed by atoms with E-state index in [0.29, 0.717) is 0 Å². The van der Waals surface area contributed by atoms with Crippen LogP contribution in [0.25, 0.3) is 0 Å². The zero-order chi connectivity index (χ0) is 12.8. The maximum atomic E-state index is 6.33. The Labute approximate surface area is 108 Å². The molecular weight excluding hydrogens is 264 g/mol. The first-order valence-corrected chi connectivity index (χ1v) is 16.0. The average molecular weight is 292 g/mol. The Morgan fingerprint density at radius 3 is 2.12 bits per heavy atom. The summed E-state index contributed by atoms with van der Waals surface area (Å²) in [4.78, 5) is 0. The Morgan fingerprint density at radius 2 is 1.69 bits per heavy atom. The first-order valence-electron chi connectivity index (χ1n) is 5.93. The zero-order valence-corrected chi connectivity index (χ0v) is 15.9. The molecule has 0 heterocycles. The van der Waals surface area contributed by atoms with E-state index in [-0.39, 0.29) is 0 Å². The van der Waals surface area contributed by atoms with Crippen molar-refractivity contribution in [3.63, 3.8) is 0 Å². The lowest BCUT2D eigenvalue weighted by molar-refractivity contribution is 0.404. The lowest BCUT2D eigenvalue weighted by Gasteiger charge is -2.28. The maximum Gasteiger partial charge on any atom is 0.194 e. The second-order valence-electron chi connectivity index (χ2n) is 5.56. The molecule has 0 amide bonds. The van der Waals surface area contributed by atoms with Crippen LogP contribution in [0.2, 0.25) is 57.0 Å². The van der Waals surface area contributed by atoms with E-state index in [1.165, 1.54) is 17.8 Å². The van der Waals surface area contributed by atoms with E-state index in [1.54, 1.807) is 0 Å². The van der Waals surface area contributed by atoms with Crippen molar-refractivity contribution in [2.75, 3.05) is 7.11 Å². The molecule has 0 aromatic heterocycles. The minimum absolute atomic E-state index is 0.590. The molecule has 0 spiro atoms. The zero-order valence-electron chi connectivity index (χ0n) is 11.9. The molecule has 0 aromatic rings. The van der Waals surface area contributed by atoms with E-state index >= 15 is 0 Å². The molecule has 0 aliphatic rings. The molecule has 0 bridgehead atoms. The highest BCUT2D eigenvalue weighted by atomic mass is 28.4. The van der Waals surface area contributed by atoms with E-state index in [4.69, 9.17) is 8.54 Å². The minimum Gasteiger partial charge on any atom is -0.456 e. The van der Waals surface area contributed by atoms with Gasteiger partial charge in [0.05, 0.1) is 0 Å². The van der Waals surface area contributed by atoms with Gasteiger partial charge in [0.25, 0.3) is 0 Å². The van der Waals surface area contributed by atoms with E-state index in [0.717, 1.165) is 9.52 Å². The Hall–Kier alpha value is 0.788.